The average Bonchev–Trinajstić information content (AvgIpc) is 2.51. The number of carboxylic acids is 1. The van der Waals surface area contributed by atoms with Crippen molar-refractivity contribution < 1.29 is 18.3 Å². The monoisotopic (exact) mass is 235 g/mol. The number of sulfonamides is 1. The van der Waals surface area contributed by atoms with Crippen molar-refractivity contribution in [3.8, 4) is 0 Å². The maximum Gasteiger partial charge on any atom is 0.336 e. The lowest BCUT2D eigenvalue weighted by Gasteiger charge is -1.99. The molecule has 0 spiro atoms. The molecule has 0 saturated carbocycles. The summed E-state index contributed by atoms with van der Waals surface area (Å²) in [7, 11) is -3.52. The zero-order valence-electron chi connectivity index (χ0n) is 7.35. The lowest BCUT2D eigenvalue weighted by atomic mass is 10.4. The molecule has 0 atom stereocenters. The molecule has 0 aliphatic rings. The molecule has 0 unspecified atom stereocenters. The highest BCUT2D eigenvalue weighted by Gasteiger charge is 2.17. The fourth-order valence-corrected chi connectivity index (χ4v) is 3.07. The standard InChI is InChI=1S/C7H9NO4S2/c1-2-8-14(11,12)6-3-5(4-13-6)7(9)10/h3-4,8H,2H2,1H3,(H,9,10). The van der Waals surface area contributed by atoms with E-state index in [2.05, 4.69) is 4.72 Å². The minimum Gasteiger partial charge on any atom is -0.478 e. The van der Waals surface area contributed by atoms with Crippen molar-refractivity contribution in [3.05, 3.63) is 17.0 Å². The van der Waals surface area contributed by atoms with Crippen molar-refractivity contribution >= 4 is 27.3 Å². The van der Waals surface area contributed by atoms with Gasteiger partial charge in [0.1, 0.15) is 4.21 Å². The molecule has 0 aromatic carbocycles. The summed E-state index contributed by atoms with van der Waals surface area (Å²) in [4.78, 5) is 10.5. The van der Waals surface area contributed by atoms with Crippen LogP contribution in [0.1, 0.15) is 17.3 Å². The normalized spacial score (nSPS) is 11.5. The molecule has 1 heterocycles. The van der Waals surface area contributed by atoms with Crippen LogP contribution in [0.2, 0.25) is 0 Å². The summed E-state index contributed by atoms with van der Waals surface area (Å²) >= 11 is 0.893. The molecule has 5 nitrogen and oxygen atoms in total. The van der Waals surface area contributed by atoms with Gasteiger partial charge in [-0.1, -0.05) is 6.92 Å². The summed E-state index contributed by atoms with van der Waals surface area (Å²) in [5.74, 6) is -1.13. The molecule has 0 amide bonds. The Hall–Kier alpha value is -0.920. The highest BCUT2D eigenvalue weighted by Crippen LogP contribution is 2.19. The van der Waals surface area contributed by atoms with E-state index in [-0.39, 0.29) is 16.3 Å². The van der Waals surface area contributed by atoms with Gasteiger partial charge in [0.05, 0.1) is 5.56 Å². The van der Waals surface area contributed by atoms with Crippen LogP contribution in [0.15, 0.2) is 15.7 Å². The Morgan fingerprint density at radius 2 is 2.29 bits per heavy atom. The molecule has 0 fully saturated rings. The van der Waals surface area contributed by atoms with Crippen LogP contribution in [0.3, 0.4) is 0 Å². The molecular weight excluding hydrogens is 226 g/mol. The lowest BCUT2D eigenvalue weighted by Crippen LogP contribution is -2.22. The van der Waals surface area contributed by atoms with Crippen LogP contribution in [0.25, 0.3) is 0 Å². The maximum absolute atomic E-state index is 11.4. The quantitative estimate of drug-likeness (QED) is 0.806. The predicted octanol–water partition coefficient (Wildman–Crippen LogP) is 0.744. The van der Waals surface area contributed by atoms with Gasteiger partial charge in [-0.25, -0.2) is 17.9 Å². The molecule has 0 saturated heterocycles. The Morgan fingerprint density at radius 1 is 1.64 bits per heavy atom. The molecule has 0 aliphatic heterocycles. The van der Waals surface area contributed by atoms with E-state index in [9.17, 15) is 13.2 Å². The van der Waals surface area contributed by atoms with Crippen LogP contribution in [-0.4, -0.2) is 26.0 Å². The zero-order chi connectivity index (χ0) is 10.8. The Morgan fingerprint density at radius 3 is 2.71 bits per heavy atom. The topological polar surface area (TPSA) is 83.5 Å². The third-order valence-electron chi connectivity index (χ3n) is 1.42. The predicted molar refractivity (Wildman–Crippen MR) is 52.1 cm³/mol. The van der Waals surface area contributed by atoms with Crippen molar-refractivity contribution in [2.75, 3.05) is 6.54 Å². The molecular formula is C7H9NO4S2. The third-order valence-corrected chi connectivity index (χ3v) is 4.41. The van der Waals surface area contributed by atoms with Crippen molar-refractivity contribution in [2.24, 2.45) is 0 Å². The van der Waals surface area contributed by atoms with Crippen LogP contribution in [-0.2, 0) is 10.0 Å². The minimum absolute atomic E-state index is 0.00789. The summed E-state index contributed by atoms with van der Waals surface area (Å²) in [5, 5.41) is 9.88. The number of hydrogen-bond donors (Lipinski definition) is 2. The number of nitrogens with one attached hydrogen (secondary N) is 1. The van der Waals surface area contributed by atoms with Gasteiger partial charge in [-0.3, -0.25) is 0 Å². The van der Waals surface area contributed by atoms with Crippen LogP contribution in [0.5, 0.6) is 0 Å². The molecule has 1 rings (SSSR count). The van der Waals surface area contributed by atoms with Gasteiger partial charge in [0.2, 0.25) is 10.0 Å². The molecule has 2 N–H and O–H groups in total. The highest BCUT2D eigenvalue weighted by molar-refractivity contribution is 7.91. The first-order valence-electron chi connectivity index (χ1n) is 3.79. The van der Waals surface area contributed by atoms with Crippen molar-refractivity contribution in [2.45, 2.75) is 11.1 Å². The van der Waals surface area contributed by atoms with Gasteiger partial charge in [-0.05, 0) is 6.07 Å². The first-order valence-corrected chi connectivity index (χ1v) is 6.15. The molecule has 7 heteroatoms. The largest absolute Gasteiger partial charge is 0.478 e. The summed E-state index contributed by atoms with van der Waals surface area (Å²) in [5.41, 5.74) is -0.00789. The Balaban J connectivity index is 3.03. The lowest BCUT2D eigenvalue weighted by molar-refractivity contribution is 0.0697. The summed E-state index contributed by atoms with van der Waals surface area (Å²) in [6.45, 7) is 1.94. The first-order chi connectivity index (χ1) is 6.47. The van der Waals surface area contributed by atoms with Gasteiger partial charge in [-0.2, -0.15) is 0 Å². The van der Waals surface area contributed by atoms with E-state index in [0.29, 0.717) is 0 Å². The second-order valence-electron chi connectivity index (χ2n) is 2.46. The summed E-state index contributed by atoms with van der Waals surface area (Å²) < 4.78 is 25.1. The second kappa shape index (κ2) is 4.07. The number of rotatable bonds is 4. The molecule has 14 heavy (non-hydrogen) atoms. The van der Waals surface area contributed by atoms with Crippen LogP contribution >= 0.6 is 11.3 Å². The van der Waals surface area contributed by atoms with E-state index >= 15 is 0 Å². The number of aromatic carboxylic acids is 1. The third kappa shape index (κ3) is 2.31. The average molecular weight is 235 g/mol. The second-order valence-corrected chi connectivity index (χ2v) is 5.37. The van der Waals surface area contributed by atoms with Crippen molar-refractivity contribution in [3.63, 3.8) is 0 Å². The van der Waals surface area contributed by atoms with Gasteiger partial charge in [0, 0.05) is 11.9 Å². The van der Waals surface area contributed by atoms with Gasteiger partial charge in [0.15, 0.2) is 0 Å². The molecule has 0 aliphatic carbocycles. The van der Waals surface area contributed by atoms with E-state index < -0.39 is 16.0 Å². The van der Waals surface area contributed by atoms with Gasteiger partial charge in [-0.15, -0.1) is 11.3 Å². The van der Waals surface area contributed by atoms with Gasteiger partial charge in [0.25, 0.3) is 0 Å². The van der Waals surface area contributed by atoms with Gasteiger partial charge >= 0.3 is 5.97 Å². The summed E-state index contributed by atoms with van der Waals surface area (Å²) in [6, 6.07) is 1.14. The van der Waals surface area contributed by atoms with E-state index in [1.165, 1.54) is 5.38 Å². The smallest absolute Gasteiger partial charge is 0.336 e. The Labute approximate surface area is 85.4 Å². The van der Waals surface area contributed by atoms with E-state index in [4.69, 9.17) is 5.11 Å². The maximum atomic E-state index is 11.4. The van der Waals surface area contributed by atoms with Crippen LogP contribution < -0.4 is 4.72 Å². The van der Waals surface area contributed by atoms with Gasteiger partial charge < -0.3 is 5.11 Å². The summed E-state index contributed by atoms with van der Waals surface area (Å²) in [6.07, 6.45) is 0. The molecule has 1 aromatic heterocycles. The van der Waals surface area contributed by atoms with E-state index in [1.54, 1.807) is 6.92 Å². The number of thiophene rings is 1. The number of carbonyl (C=O) groups is 1. The first kappa shape index (κ1) is 11.2. The molecule has 1 aromatic rings. The van der Waals surface area contributed by atoms with Crippen LogP contribution in [0, 0.1) is 0 Å². The Kier molecular flexibility index (Phi) is 3.25. The fraction of sp³-hybridized carbons (Fsp3) is 0.286. The SMILES string of the molecule is CCNS(=O)(=O)c1cc(C(=O)O)cs1. The van der Waals surface area contributed by atoms with Crippen molar-refractivity contribution in [1.29, 1.82) is 0 Å². The van der Waals surface area contributed by atoms with E-state index in [1.807, 2.05) is 0 Å². The molecule has 78 valence electrons. The number of carboxylic acid groups (broad SMARTS) is 1. The highest BCUT2D eigenvalue weighted by atomic mass is 32.2. The minimum atomic E-state index is -3.52. The molecule has 0 bridgehead atoms. The fourth-order valence-electron chi connectivity index (χ4n) is 0.831. The van der Waals surface area contributed by atoms with E-state index in [0.717, 1.165) is 17.4 Å². The molecule has 0 radical (unpaired) electrons. The number of hydrogen-bond acceptors (Lipinski definition) is 4. The zero-order valence-corrected chi connectivity index (χ0v) is 8.98. The van der Waals surface area contributed by atoms with Crippen LogP contribution in [0.4, 0.5) is 0 Å². The Bertz CT molecular complexity index is 434. The van der Waals surface area contributed by atoms with Crippen molar-refractivity contribution in [1.82, 2.24) is 4.72 Å².